The van der Waals surface area contributed by atoms with E-state index in [9.17, 15) is 9.59 Å². The maximum absolute atomic E-state index is 13.0. The Labute approximate surface area is 162 Å². The number of aryl methyl sites for hydroxylation is 3. The average molecular weight is 387 g/mol. The molecular weight excluding hydrogens is 362 g/mol. The first-order chi connectivity index (χ1) is 13.5. The molecule has 0 radical (unpaired) electrons. The fraction of sp³-hybridized carbons (Fsp3) is 0.611. The van der Waals surface area contributed by atoms with Crippen molar-refractivity contribution in [1.82, 2.24) is 35.0 Å². The SMILES string of the molecule is Cc1n[nH]nc1C(=O)N1C[C@@H]2COC[C@H](C1)N(C(=O)CCc1ccnn1C)C2. The van der Waals surface area contributed by atoms with Crippen LogP contribution in [0.25, 0.3) is 0 Å². The van der Waals surface area contributed by atoms with Crippen molar-refractivity contribution in [2.24, 2.45) is 13.0 Å². The van der Waals surface area contributed by atoms with Gasteiger partial charge >= 0.3 is 0 Å². The lowest BCUT2D eigenvalue weighted by Gasteiger charge is -2.31. The lowest BCUT2D eigenvalue weighted by Crippen LogP contribution is -2.48. The van der Waals surface area contributed by atoms with Crippen molar-refractivity contribution in [3.8, 4) is 0 Å². The van der Waals surface area contributed by atoms with Gasteiger partial charge < -0.3 is 14.5 Å². The summed E-state index contributed by atoms with van der Waals surface area (Å²) in [4.78, 5) is 29.6. The van der Waals surface area contributed by atoms with Gasteiger partial charge in [0.25, 0.3) is 5.91 Å². The van der Waals surface area contributed by atoms with E-state index in [2.05, 4.69) is 20.5 Å². The summed E-state index contributed by atoms with van der Waals surface area (Å²) in [6.45, 7) is 4.34. The van der Waals surface area contributed by atoms with Crippen LogP contribution in [-0.4, -0.2) is 85.7 Å². The minimum absolute atomic E-state index is 0.0873. The topological polar surface area (TPSA) is 109 Å². The lowest BCUT2D eigenvalue weighted by molar-refractivity contribution is -0.133. The minimum Gasteiger partial charge on any atom is -0.379 e. The molecule has 0 spiro atoms. The van der Waals surface area contributed by atoms with Gasteiger partial charge in [0.05, 0.1) is 24.9 Å². The molecule has 1 N–H and O–H groups in total. The number of H-pyrrole nitrogens is 1. The fourth-order valence-electron chi connectivity index (χ4n) is 3.98. The molecule has 10 heteroatoms. The largest absolute Gasteiger partial charge is 0.379 e. The zero-order valence-corrected chi connectivity index (χ0v) is 16.2. The van der Waals surface area contributed by atoms with E-state index in [4.69, 9.17) is 4.74 Å². The number of hydrogen-bond donors (Lipinski definition) is 1. The number of aromatic amines is 1. The van der Waals surface area contributed by atoms with E-state index in [1.165, 1.54) is 0 Å². The van der Waals surface area contributed by atoms with Gasteiger partial charge in [-0.3, -0.25) is 14.3 Å². The Hall–Kier alpha value is -2.75. The number of amides is 2. The standard InChI is InChI=1S/C18H25N7O3/c1-12-17(21-22-20-12)18(27)24-7-13-8-25(15(9-24)11-28-10-13)16(26)4-3-14-5-6-19-23(14)2/h5-6,13,15H,3-4,7-11H2,1-2H3,(H,20,21,22)/t13-,15-/m0/s1. The fourth-order valence-corrected chi connectivity index (χ4v) is 3.98. The Bertz CT molecular complexity index is 861. The van der Waals surface area contributed by atoms with Gasteiger partial charge in [0.1, 0.15) is 0 Å². The van der Waals surface area contributed by atoms with E-state index >= 15 is 0 Å². The van der Waals surface area contributed by atoms with E-state index in [-0.39, 0.29) is 23.8 Å². The number of carbonyl (C=O) groups is 2. The predicted molar refractivity (Wildman–Crippen MR) is 98.4 cm³/mol. The third-order valence-electron chi connectivity index (χ3n) is 5.52. The van der Waals surface area contributed by atoms with E-state index in [0.29, 0.717) is 57.1 Å². The summed E-state index contributed by atoms with van der Waals surface area (Å²) in [6.07, 6.45) is 2.80. The molecule has 10 nitrogen and oxygen atoms in total. The molecule has 2 atom stereocenters. The lowest BCUT2D eigenvalue weighted by atomic mass is 10.1. The Morgan fingerprint density at radius 1 is 1.25 bits per heavy atom. The number of ether oxygens (including phenoxy) is 1. The monoisotopic (exact) mass is 387 g/mol. The van der Waals surface area contributed by atoms with E-state index < -0.39 is 0 Å². The third kappa shape index (κ3) is 3.64. The Morgan fingerprint density at radius 2 is 2.11 bits per heavy atom. The molecule has 2 saturated heterocycles. The van der Waals surface area contributed by atoms with Crippen LogP contribution in [0.2, 0.25) is 0 Å². The summed E-state index contributed by atoms with van der Waals surface area (Å²) in [5.41, 5.74) is 1.95. The first-order valence-electron chi connectivity index (χ1n) is 9.53. The summed E-state index contributed by atoms with van der Waals surface area (Å²) in [5, 5.41) is 14.6. The molecule has 0 unspecified atom stereocenters. The summed E-state index contributed by atoms with van der Waals surface area (Å²) in [6, 6.07) is 1.78. The normalized spacial score (nSPS) is 22.2. The smallest absolute Gasteiger partial charge is 0.276 e. The molecule has 0 aromatic carbocycles. The first-order valence-corrected chi connectivity index (χ1v) is 9.53. The van der Waals surface area contributed by atoms with E-state index in [0.717, 1.165) is 5.69 Å². The number of nitrogens with zero attached hydrogens (tertiary/aromatic N) is 6. The van der Waals surface area contributed by atoms with E-state index in [1.54, 1.807) is 22.7 Å². The molecule has 4 rings (SSSR count). The van der Waals surface area contributed by atoms with Crippen molar-refractivity contribution >= 4 is 11.8 Å². The maximum atomic E-state index is 13.0. The molecule has 2 bridgehead atoms. The zero-order valence-electron chi connectivity index (χ0n) is 16.2. The molecule has 2 aromatic rings. The number of aromatic nitrogens is 5. The number of carbonyl (C=O) groups excluding carboxylic acids is 2. The molecule has 2 aliphatic heterocycles. The number of nitrogens with one attached hydrogen (secondary N) is 1. The maximum Gasteiger partial charge on any atom is 0.276 e. The Morgan fingerprint density at radius 3 is 2.82 bits per heavy atom. The molecule has 4 heterocycles. The van der Waals surface area contributed by atoms with Gasteiger partial charge in [0.15, 0.2) is 5.69 Å². The van der Waals surface area contributed by atoms with Crippen molar-refractivity contribution in [2.45, 2.75) is 25.8 Å². The molecule has 28 heavy (non-hydrogen) atoms. The number of fused-ring (bicyclic) bond motifs is 3. The highest BCUT2D eigenvalue weighted by Gasteiger charge is 2.38. The molecule has 2 fully saturated rings. The van der Waals surface area contributed by atoms with Crippen LogP contribution < -0.4 is 0 Å². The van der Waals surface area contributed by atoms with Crippen LogP contribution >= 0.6 is 0 Å². The Kier molecular flexibility index (Phi) is 5.12. The van der Waals surface area contributed by atoms with Crippen LogP contribution in [0.1, 0.15) is 28.3 Å². The highest BCUT2D eigenvalue weighted by atomic mass is 16.5. The summed E-state index contributed by atoms with van der Waals surface area (Å²) >= 11 is 0. The number of hydrogen-bond acceptors (Lipinski definition) is 6. The van der Waals surface area contributed by atoms with Gasteiger partial charge in [-0.15, -0.1) is 0 Å². The van der Waals surface area contributed by atoms with Crippen LogP contribution in [0.3, 0.4) is 0 Å². The zero-order chi connectivity index (χ0) is 19.7. The molecule has 2 aromatic heterocycles. The minimum atomic E-state index is -0.150. The summed E-state index contributed by atoms with van der Waals surface area (Å²) < 4.78 is 7.56. The van der Waals surface area contributed by atoms with Gasteiger partial charge in [-0.2, -0.15) is 20.5 Å². The average Bonchev–Trinajstić information content (AvgIpc) is 3.15. The van der Waals surface area contributed by atoms with E-state index in [1.807, 2.05) is 18.0 Å². The predicted octanol–water partition coefficient (Wildman–Crippen LogP) is -0.221. The molecule has 0 aliphatic carbocycles. The summed E-state index contributed by atoms with van der Waals surface area (Å²) in [5.74, 6) is 0.0326. The van der Waals surface area contributed by atoms with Crippen LogP contribution in [-0.2, 0) is 23.0 Å². The second kappa shape index (κ2) is 7.70. The van der Waals surface area contributed by atoms with Crippen LogP contribution in [0, 0.1) is 12.8 Å². The van der Waals surface area contributed by atoms with Gasteiger partial charge in [0, 0.05) is 50.9 Å². The van der Waals surface area contributed by atoms with Crippen LogP contribution in [0.5, 0.6) is 0 Å². The molecular formula is C18H25N7O3. The molecule has 150 valence electrons. The van der Waals surface area contributed by atoms with Gasteiger partial charge in [-0.05, 0) is 19.4 Å². The highest BCUT2D eigenvalue weighted by Crippen LogP contribution is 2.22. The van der Waals surface area contributed by atoms with Crippen molar-refractivity contribution in [2.75, 3.05) is 32.8 Å². The molecule has 0 saturated carbocycles. The van der Waals surface area contributed by atoms with Crippen LogP contribution in [0.15, 0.2) is 12.3 Å². The first kappa shape index (κ1) is 18.6. The second-order valence-corrected chi connectivity index (χ2v) is 7.52. The number of rotatable bonds is 4. The van der Waals surface area contributed by atoms with Crippen molar-refractivity contribution in [1.29, 1.82) is 0 Å². The van der Waals surface area contributed by atoms with Crippen molar-refractivity contribution in [3.05, 3.63) is 29.3 Å². The van der Waals surface area contributed by atoms with Crippen molar-refractivity contribution < 1.29 is 14.3 Å². The second-order valence-electron chi connectivity index (χ2n) is 7.52. The van der Waals surface area contributed by atoms with Crippen molar-refractivity contribution in [3.63, 3.8) is 0 Å². The molecule has 2 aliphatic rings. The van der Waals surface area contributed by atoms with Gasteiger partial charge in [-0.25, -0.2) is 0 Å². The highest BCUT2D eigenvalue weighted by molar-refractivity contribution is 5.93. The van der Waals surface area contributed by atoms with Crippen LogP contribution in [0.4, 0.5) is 0 Å². The van der Waals surface area contributed by atoms with Gasteiger partial charge in [-0.1, -0.05) is 0 Å². The van der Waals surface area contributed by atoms with Gasteiger partial charge in [0.2, 0.25) is 5.91 Å². The quantitative estimate of drug-likeness (QED) is 0.777. The third-order valence-corrected chi connectivity index (χ3v) is 5.52. The molecule has 2 amide bonds. The Balaban J connectivity index is 1.47. The summed E-state index contributed by atoms with van der Waals surface area (Å²) in [7, 11) is 1.88.